The fourth-order valence-corrected chi connectivity index (χ4v) is 3.62. The number of nitrogens with one attached hydrogen (secondary N) is 1. The molecule has 4 heteroatoms. The van der Waals surface area contributed by atoms with Gasteiger partial charge in [-0.05, 0) is 77.7 Å². The van der Waals surface area contributed by atoms with Crippen molar-refractivity contribution >= 4 is 27.3 Å². The molecule has 21 heavy (non-hydrogen) atoms. The van der Waals surface area contributed by atoms with E-state index in [9.17, 15) is 0 Å². The van der Waals surface area contributed by atoms with Crippen LogP contribution in [0.5, 0.6) is 0 Å². The van der Waals surface area contributed by atoms with E-state index in [0.717, 1.165) is 17.4 Å². The molecule has 0 amide bonds. The fraction of sp³-hybridized carbons (Fsp3) is 0.471. The lowest BCUT2D eigenvalue weighted by Crippen LogP contribution is -2.32. The van der Waals surface area contributed by atoms with Crippen LogP contribution in [0.25, 0.3) is 0 Å². The van der Waals surface area contributed by atoms with Crippen LogP contribution < -0.4 is 5.32 Å². The molecule has 0 spiro atoms. The molecule has 2 aromatic heterocycles. The van der Waals surface area contributed by atoms with Crippen LogP contribution in [-0.2, 0) is 12.8 Å². The summed E-state index contributed by atoms with van der Waals surface area (Å²) in [5.41, 5.74) is 1.30. The summed E-state index contributed by atoms with van der Waals surface area (Å²) >= 11 is 5.36. The predicted molar refractivity (Wildman–Crippen MR) is 95.0 cm³/mol. The Morgan fingerprint density at radius 1 is 1.38 bits per heavy atom. The highest BCUT2D eigenvalue weighted by Gasteiger charge is 2.09. The zero-order chi connectivity index (χ0) is 14.9. The van der Waals surface area contributed by atoms with E-state index in [2.05, 4.69) is 56.7 Å². The molecule has 0 aromatic carbocycles. The van der Waals surface area contributed by atoms with Gasteiger partial charge < -0.3 is 5.32 Å². The third-order valence-corrected chi connectivity index (χ3v) is 4.85. The van der Waals surface area contributed by atoms with Gasteiger partial charge in [-0.25, -0.2) is 0 Å². The topological polar surface area (TPSA) is 24.9 Å². The van der Waals surface area contributed by atoms with Crippen molar-refractivity contribution in [3.05, 3.63) is 50.9 Å². The molecule has 1 unspecified atom stereocenters. The van der Waals surface area contributed by atoms with Gasteiger partial charge in [-0.1, -0.05) is 13.0 Å². The number of aryl methyl sites for hydroxylation is 1. The quantitative estimate of drug-likeness (QED) is 0.686. The van der Waals surface area contributed by atoms with E-state index in [1.807, 2.05) is 23.7 Å². The predicted octanol–water partition coefficient (Wildman–Crippen LogP) is 4.84. The van der Waals surface area contributed by atoms with Crippen LogP contribution in [0.15, 0.2) is 40.4 Å². The Hall–Kier alpha value is -0.710. The average molecular weight is 367 g/mol. The molecular weight excluding hydrogens is 344 g/mol. The fourth-order valence-electron chi connectivity index (χ4n) is 2.45. The Balaban J connectivity index is 1.84. The van der Waals surface area contributed by atoms with Crippen molar-refractivity contribution in [2.75, 3.05) is 6.54 Å². The van der Waals surface area contributed by atoms with Gasteiger partial charge in [0.15, 0.2) is 0 Å². The SMILES string of the molecule is CCCNC(CCCc1cccs1)Cc1cncc(Br)c1. The summed E-state index contributed by atoms with van der Waals surface area (Å²) in [4.78, 5) is 5.76. The molecule has 0 bridgehead atoms. The summed E-state index contributed by atoms with van der Waals surface area (Å²) in [5, 5.41) is 5.84. The van der Waals surface area contributed by atoms with E-state index in [1.165, 1.54) is 36.1 Å². The number of rotatable bonds is 9. The number of nitrogens with zero attached hydrogens (tertiary/aromatic N) is 1. The minimum absolute atomic E-state index is 0.543. The van der Waals surface area contributed by atoms with Gasteiger partial charge in [0.05, 0.1) is 0 Å². The lowest BCUT2D eigenvalue weighted by Gasteiger charge is -2.18. The maximum absolute atomic E-state index is 4.27. The van der Waals surface area contributed by atoms with Crippen molar-refractivity contribution in [2.45, 2.75) is 45.1 Å². The lowest BCUT2D eigenvalue weighted by molar-refractivity contribution is 0.464. The Bertz CT molecular complexity index is 513. The molecule has 2 heterocycles. The summed E-state index contributed by atoms with van der Waals surface area (Å²) in [6.07, 6.45) is 9.70. The van der Waals surface area contributed by atoms with Crippen molar-refractivity contribution in [3.63, 3.8) is 0 Å². The normalized spacial score (nSPS) is 12.5. The molecule has 0 aliphatic carbocycles. The summed E-state index contributed by atoms with van der Waals surface area (Å²) in [5.74, 6) is 0. The van der Waals surface area contributed by atoms with Gasteiger partial charge in [0, 0.05) is 27.8 Å². The van der Waals surface area contributed by atoms with Gasteiger partial charge in [0.25, 0.3) is 0 Å². The summed E-state index contributed by atoms with van der Waals surface area (Å²) < 4.78 is 1.06. The van der Waals surface area contributed by atoms with Crippen molar-refractivity contribution < 1.29 is 0 Å². The number of thiophene rings is 1. The van der Waals surface area contributed by atoms with Crippen LogP contribution in [0, 0.1) is 0 Å². The van der Waals surface area contributed by atoms with Crippen molar-refractivity contribution in [3.8, 4) is 0 Å². The first-order chi connectivity index (χ1) is 10.3. The first-order valence-corrected chi connectivity index (χ1v) is 9.30. The Labute approximate surface area is 140 Å². The van der Waals surface area contributed by atoms with Crippen molar-refractivity contribution in [1.29, 1.82) is 0 Å². The van der Waals surface area contributed by atoms with E-state index >= 15 is 0 Å². The monoisotopic (exact) mass is 366 g/mol. The Morgan fingerprint density at radius 2 is 2.29 bits per heavy atom. The average Bonchev–Trinajstić information content (AvgIpc) is 2.98. The highest BCUT2D eigenvalue weighted by atomic mass is 79.9. The van der Waals surface area contributed by atoms with Gasteiger partial charge in [0.2, 0.25) is 0 Å². The molecule has 0 saturated carbocycles. The molecular formula is C17H23BrN2S. The van der Waals surface area contributed by atoms with E-state index < -0.39 is 0 Å². The minimum Gasteiger partial charge on any atom is -0.314 e. The van der Waals surface area contributed by atoms with E-state index in [-0.39, 0.29) is 0 Å². The highest BCUT2D eigenvalue weighted by Crippen LogP contribution is 2.16. The van der Waals surface area contributed by atoms with Crippen LogP contribution in [0.1, 0.15) is 36.6 Å². The maximum Gasteiger partial charge on any atom is 0.0410 e. The molecule has 2 rings (SSSR count). The molecule has 2 nitrogen and oxygen atoms in total. The second-order valence-corrected chi connectivity index (χ2v) is 7.29. The Kier molecular flexibility index (Phi) is 7.41. The van der Waals surface area contributed by atoms with E-state index in [0.29, 0.717) is 6.04 Å². The van der Waals surface area contributed by atoms with Gasteiger partial charge in [0.1, 0.15) is 0 Å². The number of hydrogen-bond donors (Lipinski definition) is 1. The number of hydrogen-bond acceptors (Lipinski definition) is 3. The Morgan fingerprint density at radius 3 is 3.00 bits per heavy atom. The van der Waals surface area contributed by atoms with Crippen molar-refractivity contribution in [2.24, 2.45) is 0 Å². The zero-order valence-corrected chi connectivity index (χ0v) is 14.9. The largest absolute Gasteiger partial charge is 0.314 e. The third-order valence-electron chi connectivity index (χ3n) is 3.48. The van der Waals surface area contributed by atoms with E-state index in [1.54, 1.807) is 0 Å². The standard InChI is InChI=1S/C17H23BrN2S/c1-2-8-20-16(5-3-6-17-7-4-9-21-17)11-14-10-15(18)13-19-12-14/h4,7,9-10,12-13,16,20H,2-3,5-6,8,11H2,1H3. The lowest BCUT2D eigenvalue weighted by atomic mass is 10.0. The van der Waals surface area contributed by atoms with Crippen LogP contribution in [-0.4, -0.2) is 17.6 Å². The van der Waals surface area contributed by atoms with Crippen LogP contribution in [0.3, 0.4) is 0 Å². The smallest absolute Gasteiger partial charge is 0.0410 e. The van der Waals surface area contributed by atoms with Crippen LogP contribution >= 0.6 is 27.3 Å². The van der Waals surface area contributed by atoms with Crippen LogP contribution in [0.2, 0.25) is 0 Å². The second kappa shape index (κ2) is 9.34. The molecule has 2 aromatic rings. The van der Waals surface area contributed by atoms with Gasteiger partial charge in [-0.2, -0.15) is 0 Å². The first-order valence-electron chi connectivity index (χ1n) is 7.63. The molecule has 0 aliphatic heterocycles. The highest BCUT2D eigenvalue weighted by molar-refractivity contribution is 9.10. The third kappa shape index (κ3) is 6.29. The van der Waals surface area contributed by atoms with E-state index in [4.69, 9.17) is 0 Å². The summed E-state index contributed by atoms with van der Waals surface area (Å²) in [6, 6.07) is 7.09. The number of aromatic nitrogens is 1. The van der Waals surface area contributed by atoms with Gasteiger partial charge in [-0.3, -0.25) is 4.98 Å². The molecule has 1 atom stereocenters. The zero-order valence-electron chi connectivity index (χ0n) is 12.5. The van der Waals surface area contributed by atoms with Crippen molar-refractivity contribution in [1.82, 2.24) is 10.3 Å². The molecule has 0 saturated heterocycles. The summed E-state index contributed by atoms with van der Waals surface area (Å²) in [7, 11) is 0. The number of pyridine rings is 1. The van der Waals surface area contributed by atoms with Gasteiger partial charge >= 0.3 is 0 Å². The molecule has 0 fully saturated rings. The second-order valence-electron chi connectivity index (χ2n) is 5.34. The molecule has 0 aliphatic rings. The minimum atomic E-state index is 0.543. The summed E-state index contributed by atoms with van der Waals surface area (Å²) in [6.45, 7) is 3.31. The first kappa shape index (κ1) is 16.7. The van der Waals surface area contributed by atoms with Crippen LogP contribution in [0.4, 0.5) is 0 Å². The maximum atomic E-state index is 4.27. The molecule has 0 radical (unpaired) electrons. The number of halogens is 1. The molecule has 114 valence electrons. The van der Waals surface area contributed by atoms with Gasteiger partial charge in [-0.15, -0.1) is 11.3 Å². The molecule has 1 N–H and O–H groups in total.